The van der Waals surface area contributed by atoms with Crippen LogP contribution in [-0.2, 0) is 4.84 Å². The molecule has 0 bridgehead atoms. The molecule has 0 atom stereocenters. The Labute approximate surface area is 114 Å². The van der Waals surface area contributed by atoms with Crippen molar-refractivity contribution in [2.45, 2.75) is 6.92 Å². The lowest BCUT2D eigenvalue weighted by atomic mass is 10.2. The fraction of sp³-hybridized carbons (Fsp3) is 0.231. The lowest BCUT2D eigenvalue weighted by Gasteiger charge is -2.11. The zero-order valence-corrected chi connectivity index (χ0v) is 11.6. The SMILES string of the molecule is CON(C)C(=O)c1sc(-c2ccc(F)cc2)nc1C. The number of benzene rings is 1. The van der Waals surface area contributed by atoms with Gasteiger partial charge in [0.2, 0.25) is 0 Å². The van der Waals surface area contributed by atoms with Gasteiger partial charge in [-0.1, -0.05) is 0 Å². The Morgan fingerprint density at radius 3 is 2.58 bits per heavy atom. The van der Waals surface area contributed by atoms with Crippen LogP contribution in [0.25, 0.3) is 10.6 Å². The summed E-state index contributed by atoms with van der Waals surface area (Å²) >= 11 is 1.27. The maximum Gasteiger partial charge on any atom is 0.289 e. The van der Waals surface area contributed by atoms with E-state index in [1.165, 1.54) is 30.6 Å². The smallest absolute Gasteiger partial charge is 0.274 e. The van der Waals surface area contributed by atoms with Gasteiger partial charge in [-0.3, -0.25) is 9.63 Å². The van der Waals surface area contributed by atoms with Gasteiger partial charge >= 0.3 is 0 Å². The van der Waals surface area contributed by atoms with Crippen molar-refractivity contribution in [1.29, 1.82) is 0 Å². The Bertz CT molecular complexity index is 595. The number of carbonyl (C=O) groups is 1. The van der Waals surface area contributed by atoms with Gasteiger partial charge in [0.15, 0.2) is 0 Å². The van der Waals surface area contributed by atoms with E-state index in [9.17, 15) is 9.18 Å². The summed E-state index contributed by atoms with van der Waals surface area (Å²) in [6, 6.07) is 6.02. The van der Waals surface area contributed by atoms with Gasteiger partial charge < -0.3 is 0 Å². The number of hydrogen-bond acceptors (Lipinski definition) is 4. The lowest BCUT2D eigenvalue weighted by Crippen LogP contribution is -2.25. The molecule has 19 heavy (non-hydrogen) atoms. The van der Waals surface area contributed by atoms with E-state index in [0.29, 0.717) is 15.6 Å². The number of amides is 1. The topological polar surface area (TPSA) is 42.4 Å². The minimum Gasteiger partial charge on any atom is -0.274 e. The highest BCUT2D eigenvalue weighted by atomic mass is 32.1. The molecule has 4 nitrogen and oxygen atoms in total. The van der Waals surface area contributed by atoms with Crippen molar-refractivity contribution >= 4 is 17.2 Å². The average Bonchev–Trinajstić information content (AvgIpc) is 2.80. The van der Waals surface area contributed by atoms with E-state index in [2.05, 4.69) is 4.98 Å². The van der Waals surface area contributed by atoms with E-state index in [0.717, 1.165) is 10.6 Å². The van der Waals surface area contributed by atoms with Gasteiger partial charge in [0.05, 0.1) is 12.8 Å². The molecule has 0 aliphatic heterocycles. The van der Waals surface area contributed by atoms with E-state index in [4.69, 9.17) is 4.84 Å². The predicted octanol–water partition coefficient (Wildman–Crippen LogP) is 2.89. The van der Waals surface area contributed by atoms with Crippen LogP contribution in [0.1, 0.15) is 15.4 Å². The van der Waals surface area contributed by atoms with Gasteiger partial charge in [-0.15, -0.1) is 11.3 Å². The Morgan fingerprint density at radius 1 is 1.37 bits per heavy atom. The van der Waals surface area contributed by atoms with Gasteiger partial charge in [-0.25, -0.2) is 14.4 Å². The molecule has 6 heteroatoms. The molecule has 1 heterocycles. The summed E-state index contributed by atoms with van der Waals surface area (Å²) in [5.74, 6) is -0.543. The van der Waals surface area contributed by atoms with Crippen LogP contribution < -0.4 is 0 Å². The van der Waals surface area contributed by atoms with Gasteiger partial charge in [0.25, 0.3) is 5.91 Å². The molecule has 0 spiro atoms. The first-order valence-corrected chi connectivity index (χ1v) is 6.40. The van der Waals surface area contributed by atoms with Crippen LogP contribution in [0.15, 0.2) is 24.3 Å². The zero-order valence-electron chi connectivity index (χ0n) is 10.8. The van der Waals surface area contributed by atoms with E-state index < -0.39 is 0 Å². The molecule has 1 amide bonds. The quantitative estimate of drug-likeness (QED) is 0.812. The van der Waals surface area contributed by atoms with E-state index in [-0.39, 0.29) is 11.7 Å². The average molecular weight is 280 g/mol. The van der Waals surface area contributed by atoms with Crippen LogP contribution in [0.3, 0.4) is 0 Å². The second-order valence-corrected chi connectivity index (χ2v) is 4.92. The lowest BCUT2D eigenvalue weighted by molar-refractivity contribution is -0.0754. The van der Waals surface area contributed by atoms with Gasteiger partial charge in [-0.05, 0) is 31.2 Å². The number of halogens is 1. The summed E-state index contributed by atoms with van der Waals surface area (Å²) in [6.45, 7) is 1.76. The number of thiazole rings is 1. The van der Waals surface area contributed by atoms with Gasteiger partial charge in [0.1, 0.15) is 15.7 Å². The highest BCUT2D eigenvalue weighted by Gasteiger charge is 2.19. The Kier molecular flexibility index (Phi) is 3.92. The van der Waals surface area contributed by atoms with Crippen molar-refractivity contribution in [1.82, 2.24) is 10.0 Å². The Morgan fingerprint density at radius 2 is 2.00 bits per heavy atom. The Hall–Kier alpha value is -1.79. The third-order valence-electron chi connectivity index (χ3n) is 2.64. The fourth-order valence-electron chi connectivity index (χ4n) is 1.54. The maximum atomic E-state index is 12.9. The summed E-state index contributed by atoms with van der Waals surface area (Å²) in [6.07, 6.45) is 0. The van der Waals surface area contributed by atoms with E-state index >= 15 is 0 Å². The molecule has 0 fully saturated rings. The molecule has 0 aliphatic carbocycles. The summed E-state index contributed by atoms with van der Waals surface area (Å²) in [7, 11) is 2.97. The summed E-state index contributed by atoms with van der Waals surface area (Å²) < 4.78 is 12.9. The zero-order chi connectivity index (χ0) is 14.0. The highest BCUT2D eigenvalue weighted by molar-refractivity contribution is 7.17. The summed E-state index contributed by atoms with van der Waals surface area (Å²) in [4.78, 5) is 21.7. The molecular formula is C13H13FN2O2S. The van der Waals surface area contributed by atoms with Crippen molar-refractivity contribution < 1.29 is 14.0 Å². The van der Waals surface area contributed by atoms with Crippen LogP contribution in [-0.4, -0.2) is 30.1 Å². The van der Waals surface area contributed by atoms with Crippen molar-refractivity contribution in [3.05, 3.63) is 40.7 Å². The van der Waals surface area contributed by atoms with Gasteiger partial charge in [0, 0.05) is 12.6 Å². The molecule has 1 aromatic carbocycles. The van der Waals surface area contributed by atoms with Crippen LogP contribution in [0, 0.1) is 12.7 Å². The normalized spacial score (nSPS) is 10.5. The molecule has 0 N–H and O–H groups in total. The molecule has 0 radical (unpaired) electrons. The summed E-state index contributed by atoms with van der Waals surface area (Å²) in [5, 5.41) is 1.83. The minimum absolute atomic E-state index is 0.245. The second kappa shape index (κ2) is 5.46. The van der Waals surface area contributed by atoms with Crippen LogP contribution in [0.5, 0.6) is 0 Å². The van der Waals surface area contributed by atoms with Crippen molar-refractivity contribution in [3.63, 3.8) is 0 Å². The van der Waals surface area contributed by atoms with E-state index in [1.54, 1.807) is 26.1 Å². The molecular weight excluding hydrogens is 267 g/mol. The first kappa shape index (κ1) is 13.6. The van der Waals surface area contributed by atoms with Crippen LogP contribution >= 0.6 is 11.3 Å². The largest absolute Gasteiger partial charge is 0.289 e. The molecule has 100 valence electrons. The standard InChI is InChI=1S/C13H13FN2O2S/c1-8-11(13(17)16(2)18-3)19-12(15-8)9-4-6-10(14)7-5-9/h4-7H,1-3H3. The maximum absolute atomic E-state index is 12.9. The number of hydroxylamine groups is 2. The number of aryl methyl sites for hydroxylation is 1. The summed E-state index contributed by atoms with van der Waals surface area (Å²) in [5.41, 5.74) is 1.42. The molecule has 2 aromatic rings. The monoisotopic (exact) mass is 280 g/mol. The van der Waals surface area contributed by atoms with Crippen molar-refractivity contribution in [3.8, 4) is 10.6 Å². The van der Waals surface area contributed by atoms with Crippen molar-refractivity contribution in [2.75, 3.05) is 14.2 Å². The molecule has 0 unspecified atom stereocenters. The Balaban J connectivity index is 2.36. The molecule has 0 aliphatic rings. The van der Waals surface area contributed by atoms with Gasteiger partial charge in [-0.2, -0.15) is 0 Å². The predicted molar refractivity (Wildman–Crippen MR) is 71.3 cm³/mol. The first-order valence-electron chi connectivity index (χ1n) is 5.58. The first-order chi connectivity index (χ1) is 9.02. The van der Waals surface area contributed by atoms with Crippen LogP contribution in [0.2, 0.25) is 0 Å². The number of nitrogens with zero attached hydrogens (tertiary/aromatic N) is 2. The number of rotatable bonds is 3. The number of aromatic nitrogens is 1. The van der Waals surface area contributed by atoms with Crippen LogP contribution in [0.4, 0.5) is 4.39 Å². The fourth-order valence-corrected chi connectivity index (χ4v) is 2.58. The van der Waals surface area contributed by atoms with Crippen molar-refractivity contribution in [2.24, 2.45) is 0 Å². The third kappa shape index (κ3) is 2.80. The minimum atomic E-state index is -0.299. The number of hydrogen-bond donors (Lipinski definition) is 0. The number of carbonyl (C=O) groups excluding carboxylic acids is 1. The molecule has 0 saturated heterocycles. The van der Waals surface area contributed by atoms with E-state index in [1.807, 2.05) is 0 Å². The molecule has 1 aromatic heterocycles. The third-order valence-corrected chi connectivity index (χ3v) is 3.84. The highest BCUT2D eigenvalue weighted by Crippen LogP contribution is 2.28. The second-order valence-electron chi connectivity index (χ2n) is 3.93. The molecule has 0 saturated carbocycles. The molecule has 2 rings (SSSR count).